The fraction of sp³-hybridized carbons (Fsp3) is 0.240. The van der Waals surface area contributed by atoms with Gasteiger partial charge in [0.25, 0.3) is 10.0 Å². The molecule has 7 heteroatoms. The van der Waals surface area contributed by atoms with Gasteiger partial charge in [-0.25, -0.2) is 8.42 Å². The number of nitrogens with one attached hydrogen (secondary N) is 1. The summed E-state index contributed by atoms with van der Waals surface area (Å²) in [5, 5.41) is 3.20. The summed E-state index contributed by atoms with van der Waals surface area (Å²) in [6.45, 7) is 3.55. The van der Waals surface area contributed by atoms with E-state index >= 15 is 0 Å². The Balaban J connectivity index is 1.87. The Hall–Kier alpha value is -2.83. The van der Waals surface area contributed by atoms with E-state index in [4.69, 9.17) is 11.6 Å². The highest BCUT2D eigenvalue weighted by Crippen LogP contribution is 2.29. The van der Waals surface area contributed by atoms with E-state index in [1.807, 2.05) is 24.3 Å². The second kappa shape index (κ2) is 10.7. The Morgan fingerprint density at radius 1 is 1.00 bits per heavy atom. The van der Waals surface area contributed by atoms with Gasteiger partial charge < -0.3 is 5.32 Å². The van der Waals surface area contributed by atoms with Crippen LogP contribution in [0.3, 0.4) is 0 Å². The number of rotatable bonds is 9. The second-order valence-electron chi connectivity index (χ2n) is 7.60. The lowest BCUT2D eigenvalue weighted by molar-refractivity contribution is -0.114. The first-order valence-corrected chi connectivity index (χ1v) is 12.4. The number of nitrogens with zero attached hydrogens (tertiary/aromatic N) is 1. The highest BCUT2D eigenvalue weighted by molar-refractivity contribution is 7.92. The van der Waals surface area contributed by atoms with E-state index in [9.17, 15) is 13.2 Å². The SMILES string of the molecule is CCCCc1ccc(NC(=O)CN(c2cc(Cl)ccc2C)S(=O)(=O)c2ccccc2)cc1. The van der Waals surface area contributed by atoms with Crippen molar-refractivity contribution in [2.24, 2.45) is 0 Å². The summed E-state index contributed by atoms with van der Waals surface area (Å²) >= 11 is 6.15. The van der Waals surface area contributed by atoms with Gasteiger partial charge in [-0.2, -0.15) is 0 Å². The molecule has 0 saturated carbocycles. The zero-order valence-corrected chi connectivity index (χ0v) is 19.8. The molecule has 0 aliphatic carbocycles. The normalized spacial score (nSPS) is 11.2. The van der Waals surface area contributed by atoms with Gasteiger partial charge in [0.05, 0.1) is 10.6 Å². The van der Waals surface area contributed by atoms with Crippen LogP contribution in [-0.4, -0.2) is 20.9 Å². The number of halogens is 1. The molecule has 1 amide bonds. The summed E-state index contributed by atoms with van der Waals surface area (Å²) in [6.07, 6.45) is 3.21. The summed E-state index contributed by atoms with van der Waals surface area (Å²) in [5.41, 5.74) is 2.89. The molecule has 0 bridgehead atoms. The number of unbranched alkanes of at least 4 members (excludes halogenated alkanes) is 1. The van der Waals surface area contributed by atoms with Gasteiger partial charge in [0.2, 0.25) is 5.91 Å². The number of hydrogen-bond donors (Lipinski definition) is 1. The van der Waals surface area contributed by atoms with Crippen LogP contribution >= 0.6 is 11.6 Å². The number of carbonyl (C=O) groups excluding carboxylic acids is 1. The van der Waals surface area contributed by atoms with Gasteiger partial charge in [-0.3, -0.25) is 9.10 Å². The first-order chi connectivity index (χ1) is 15.3. The van der Waals surface area contributed by atoms with Gasteiger partial charge in [-0.1, -0.05) is 61.3 Å². The molecule has 3 aromatic carbocycles. The van der Waals surface area contributed by atoms with Crippen LogP contribution < -0.4 is 9.62 Å². The highest BCUT2D eigenvalue weighted by Gasteiger charge is 2.28. The van der Waals surface area contributed by atoms with Crippen molar-refractivity contribution < 1.29 is 13.2 Å². The van der Waals surface area contributed by atoms with Crippen LogP contribution in [0, 0.1) is 6.92 Å². The third kappa shape index (κ3) is 5.90. The third-order valence-corrected chi connectivity index (χ3v) is 7.12. The molecule has 0 unspecified atom stereocenters. The van der Waals surface area contributed by atoms with Gasteiger partial charge in [0, 0.05) is 10.7 Å². The molecular formula is C25H27ClN2O3S. The van der Waals surface area contributed by atoms with Crippen molar-refractivity contribution in [1.29, 1.82) is 0 Å². The van der Waals surface area contributed by atoms with Crippen LogP contribution in [-0.2, 0) is 21.2 Å². The molecule has 0 aliphatic heterocycles. The second-order valence-corrected chi connectivity index (χ2v) is 9.90. The molecule has 0 saturated heterocycles. The molecule has 0 fully saturated rings. The average Bonchev–Trinajstić information content (AvgIpc) is 2.79. The fourth-order valence-corrected chi connectivity index (χ4v) is 5.00. The summed E-state index contributed by atoms with van der Waals surface area (Å²) in [6, 6.07) is 20.7. The molecule has 3 rings (SSSR count). The van der Waals surface area contributed by atoms with Crippen molar-refractivity contribution >= 4 is 38.9 Å². The minimum Gasteiger partial charge on any atom is -0.325 e. The van der Waals surface area contributed by atoms with Gasteiger partial charge >= 0.3 is 0 Å². The topological polar surface area (TPSA) is 66.5 Å². The van der Waals surface area contributed by atoms with Crippen molar-refractivity contribution in [1.82, 2.24) is 0 Å². The standard InChI is InChI=1S/C25H27ClN2O3S/c1-3-4-8-20-12-15-22(16-13-20)27-25(29)18-28(24-17-21(26)14-11-19(24)2)32(30,31)23-9-6-5-7-10-23/h5-7,9-17H,3-4,8,18H2,1-2H3,(H,27,29). The van der Waals surface area contributed by atoms with E-state index in [1.165, 1.54) is 17.7 Å². The Morgan fingerprint density at radius 3 is 2.34 bits per heavy atom. The summed E-state index contributed by atoms with van der Waals surface area (Å²) in [4.78, 5) is 13.0. The van der Waals surface area contributed by atoms with Gasteiger partial charge in [0.15, 0.2) is 0 Å². The zero-order valence-electron chi connectivity index (χ0n) is 18.2. The van der Waals surface area contributed by atoms with Crippen LogP contribution in [0.1, 0.15) is 30.9 Å². The molecular weight excluding hydrogens is 444 g/mol. The highest BCUT2D eigenvalue weighted by atomic mass is 35.5. The minimum absolute atomic E-state index is 0.104. The number of sulfonamides is 1. The molecule has 0 radical (unpaired) electrons. The van der Waals surface area contributed by atoms with E-state index in [0.717, 1.165) is 23.6 Å². The first-order valence-electron chi connectivity index (χ1n) is 10.5. The number of anilines is 2. The Morgan fingerprint density at radius 2 is 1.69 bits per heavy atom. The van der Waals surface area contributed by atoms with Crippen molar-refractivity contribution in [2.45, 2.75) is 38.0 Å². The molecule has 168 valence electrons. The van der Waals surface area contributed by atoms with E-state index in [0.29, 0.717) is 22.0 Å². The molecule has 0 aliphatic rings. The lowest BCUT2D eigenvalue weighted by atomic mass is 10.1. The summed E-state index contributed by atoms with van der Waals surface area (Å²) in [7, 11) is -3.98. The van der Waals surface area contributed by atoms with Crippen LogP contribution in [0.15, 0.2) is 77.7 Å². The maximum atomic E-state index is 13.4. The molecule has 0 spiro atoms. The van der Waals surface area contributed by atoms with Crippen molar-refractivity contribution in [3.63, 3.8) is 0 Å². The number of amides is 1. The van der Waals surface area contributed by atoms with Crippen LogP contribution in [0.5, 0.6) is 0 Å². The number of carbonyl (C=O) groups is 1. The molecule has 1 N–H and O–H groups in total. The van der Waals surface area contributed by atoms with Crippen molar-refractivity contribution in [3.05, 3.63) is 88.9 Å². The Bertz CT molecular complexity index is 1160. The van der Waals surface area contributed by atoms with E-state index in [-0.39, 0.29) is 11.4 Å². The third-order valence-electron chi connectivity index (χ3n) is 5.11. The molecule has 0 aromatic heterocycles. The zero-order chi connectivity index (χ0) is 23.1. The molecule has 0 atom stereocenters. The number of aryl methyl sites for hydroxylation is 2. The van der Waals surface area contributed by atoms with E-state index in [2.05, 4.69) is 12.2 Å². The maximum Gasteiger partial charge on any atom is 0.264 e. The predicted molar refractivity (Wildman–Crippen MR) is 131 cm³/mol. The van der Waals surface area contributed by atoms with E-state index in [1.54, 1.807) is 43.3 Å². The van der Waals surface area contributed by atoms with Gasteiger partial charge in [-0.15, -0.1) is 0 Å². The Labute approximate surface area is 195 Å². The van der Waals surface area contributed by atoms with Gasteiger partial charge in [-0.05, 0) is 67.3 Å². The van der Waals surface area contributed by atoms with Crippen molar-refractivity contribution in [2.75, 3.05) is 16.2 Å². The van der Waals surface area contributed by atoms with E-state index < -0.39 is 15.9 Å². The smallest absolute Gasteiger partial charge is 0.264 e. The molecule has 0 heterocycles. The largest absolute Gasteiger partial charge is 0.325 e. The quantitative estimate of drug-likeness (QED) is 0.428. The Kier molecular flexibility index (Phi) is 7.94. The lowest BCUT2D eigenvalue weighted by Gasteiger charge is -2.26. The van der Waals surface area contributed by atoms with Crippen LogP contribution in [0.2, 0.25) is 5.02 Å². The average molecular weight is 471 g/mol. The maximum absolute atomic E-state index is 13.4. The monoisotopic (exact) mass is 470 g/mol. The van der Waals surface area contributed by atoms with Crippen LogP contribution in [0.4, 0.5) is 11.4 Å². The number of hydrogen-bond acceptors (Lipinski definition) is 3. The first kappa shape index (κ1) is 23.8. The predicted octanol–water partition coefficient (Wildman–Crippen LogP) is 5.83. The fourth-order valence-electron chi connectivity index (χ4n) is 3.34. The lowest BCUT2D eigenvalue weighted by Crippen LogP contribution is -2.38. The summed E-state index contributed by atoms with van der Waals surface area (Å²) in [5.74, 6) is -0.440. The van der Waals surface area contributed by atoms with Crippen molar-refractivity contribution in [3.8, 4) is 0 Å². The summed E-state index contributed by atoms with van der Waals surface area (Å²) < 4.78 is 28.0. The number of benzene rings is 3. The van der Waals surface area contributed by atoms with Gasteiger partial charge in [0.1, 0.15) is 6.54 Å². The minimum atomic E-state index is -3.98. The molecule has 3 aromatic rings. The molecule has 5 nitrogen and oxygen atoms in total. The molecule has 32 heavy (non-hydrogen) atoms. The van der Waals surface area contributed by atoms with Crippen LogP contribution in [0.25, 0.3) is 0 Å².